The zero-order chi connectivity index (χ0) is 14.8. The lowest BCUT2D eigenvalue weighted by Gasteiger charge is -2.29. The molecule has 1 unspecified atom stereocenters. The molecule has 2 N–H and O–H groups in total. The normalized spacial score (nSPS) is 12.9. The van der Waals surface area contributed by atoms with Gasteiger partial charge in [-0.15, -0.1) is 0 Å². The average Bonchev–Trinajstić information content (AvgIpc) is 2.27. The molecule has 1 heterocycles. The van der Waals surface area contributed by atoms with Crippen LogP contribution in [0.5, 0.6) is 0 Å². The molecule has 1 atom stereocenters. The number of hydrogen-bond donors (Lipinski definition) is 2. The summed E-state index contributed by atoms with van der Waals surface area (Å²) in [4.78, 5) is 25.7. The summed E-state index contributed by atoms with van der Waals surface area (Å²) in [5.74, 6) is -0.693. The van der Waals surface area contributed by atoms with E-state index < -0.39 is 28.2 Å². The van der Waals surface area contributed by atoms with Crippen LogP contribution in [0.25, 0.3) is 0 Å². The Kier molecular flexibility index (Phi) is 4.43. The van der Waals surface area contributed by atoms with Crippen LogP contribution >= 0.6 is 11.6 Å². The van der Waals surface area contributed by atoms with Crippen molar-refractivity contribution in [3.63, 3.8) is 0 Å². The highest BCUT2D eigenvalue weighted by atomic mass is 35.5. The largest absolute Gasteiger partial charge is 0.391 e. The molecule has 1 rings (SSSR count). The number of carbonyl (C=O) groups is 1. The Labute approximate surface area is 114 Å². The topological polar surface area (TPSA) is 105 Å². The van der Waals surface area contributed by atoms with E-state index in [-0.39, 0.29) is 10.7 Å². The van der Waals surface area contributed by atoms with E-state index in [4.69, 9.17) is 11.6 Å². The predicted octanol–water partition coefficient (Wildman–Crippen LogP) is 1.53. The van der Waals surface area contributed by atoms with E-state index in [0.717, 1.165) is 12.3 Å². The maximum absolute atomic E-state index is 12.0. The number of halogens is 1. The van der Waals surface area contributed by atoms with E-state index in [9.17, 15) is 20.0 Å². The van der Waals surface area contributed by atoms with Gasteiger partial charge in [0, 0.05) is 0 Å². The van der Waals surface area contributed by atoms with E-state index in [1.807, 2.05) is 0 Å². The van der Waals surface area contributed by atoms with Crippen molar-refractivity contribution in [2.75, 3.05) is 0 Å². The lowest BCUT2D eigenvalue weighted by molar-refractivity contribution is -0.385. The Balaban J connectivity index is 3.13. The summed E-state index contributed by atoms with van der Waals surface area (Å²) in [7, 11) is 0. The third-order valence-corrected chi connectivity index (χ3v) is 2.98. The molecule has 1 amide bonds. The number of aliphatic hydroxyl groups is 1. The van der Waals surface area contributed by atoms with Crippen molar-refractivity contribution < 1.29 is 14.8 Å². The van der Waals surface area contributed by atoms with Crippen LogP contribution < -0.4 is 5.32 Å². The van der Waals surface area contributed by atoms with Crippen molar-refractivity contribution >= 4 is 23.2 Å². The maximum Gasteiger partial charge on any atom is 0.300 e. The molecule has 8 heteroatoms. The predicted molar refractivity (Wildman–Crippen MR) is 69.1 cm³/mol. The number of aromatic nitrogens is 1. The van der Waals surface area contributed by atoms with Crippen LogP contribution in [0.3, 0.4) is 0 Å². The second kappa shape index (κ2) is 5.50. The van der Waals surface area contributed by atoms with Gasteiger partial charge < -0.3 is 10.4 Å². The van der Waals surface area contributed by atoms with E-state index >= 15 is 0 Å². The molecule has 0 spiro atoms. The first-order valence-electron chi connectivity index (χ1n) is 5.45. The van der Waals surface area contributed by atoms with Gasteiger partial charge in [-0.2, -0.15) is 0 Å². The molecular formula is C11H14ClN3O4. The zero-order valence-electron chi connectivity index (χ0n) is 10.7. The Morgan fingerprint density at radius 1 is 1.63 bits per heavy atom. The summed E-state index contributed by atoms with van der Waals surface area (Å²) in [6.07, 6.45) is 0.0971. The lowest BCUT2D eigenvalue weighted by atomic mass is 9.98. The Morgan fingerprint density at radius 3 is 2.68 bits per heavy atom. The summed E-state index contributed by atoms with van der Waals surface area (Å²) in [6, 6.07) is 1.12. The lowest BCUT2D eigenvalue weighted by Crippen LogP contribution is -2.51. The van der Waals surface area contributed by atoms with Crippen LogP contribution in [0.2, 0.25) is 5.15 Å². The molecule has 1 aromatic rings. The van der Waals surface area contributed by atoms with Crippen molar-refractivity contribution in [1.82, 2.24) is 10.3 Å². The van der Waals surface area contributed by atoms with Gasteiger partial charge in [0.25, 0.3) is 11.6 Å². The van der Waals surface area contributed by atoms with Gasteiger partial charge in [-0.25, -0.2) is 4.98 Å². The Bertz CT molecular complexity index is 517. The summed E-state index contributed by atoms with van der Waals surface area (Å²) >= 11 is 5.64. The second-order valence-electron chi connectivity index (χ2n) is 4.63. The van der Waals surface area contributed by atoms with Crippen LogP contribution in [0.15, 0.2) is 12.3 Å². The third-order valence-electron chi connectivity index (χ3n) is 2.77. The zero-order valence-corrected chi connectivity index (χ0v) is 11.4. The van der Waals surface area contributed by atoms with Crippen LogP contribution in [-0.2, 0) is 0 Å². The van der Waals surface area contributed by atoms with Crippen molar-refractivity contribution in [1.29, 1.82) is 0 Å². The standard InChI is InChI=1S/C11H14ClN3O4/c1-6(16)11(2,3)14-10(17)7-4-9(12)13-5-8(7)15(18)19/h4-6,16H,1-3H3,(H,14,17). The Hall–Kier alpha value is -1.73. The van der Waals surface area contributed by atoms with Gasteiger partial charge in [0.1, 0.15) is 16.9 Å². The smallest absolute Gasteiger partial charge is 0.300 e. The number of rotatable bonds is 4. The minimum atomic E-state index is -0.930. The van der Waals surface area contributed by atoms with E-state index in [1.165, 1.54) is 6.92 Å². The van der Waals surface area contributed by atoms with Crippen LogP contribution in [0.1, 0.15) is 31.1 Å². The summed E-state index contributed by atoms with van der Waals surface area (Å²) in [5.41, 5.74) is -1.57. The fraction of sp³-hybridized carbons (Fsp3) is 0.455. The number of pyridine rings is 1. The summed E-state index contributed by atoms with van der Waals surface area (Å²) < 4.78 is 0. The first kappa shape index (κ1) is 15.3. The fourth-order valence-corrected chi connectivity index (χ4v) is 1.37. The van der Waals surface area contributed by atoms with Gasteiger partial charge in [0.2, 0.25) is 0 Å². The number of nitrogens with zero attached hydrogens (tertiary/aromatic N) is 2. The van der Waals surface area contributed by atoms with Gasteiger partial charge in [-0.1, -0.05) is 11.6 Å². The highest BCUT2D eigenvalue weighted by Crippen LogP contribution is 2.21. The first-order valence-corrected chi connectivity index (χ1v) is 5.83. The SMILES string of the molecule is CC(O)C(C)(C)NC(=O)c1cc(Cl)ncc1[N+](=O)[O-]. The Morgan fingerprint density at radius 2 is 2.21 bits per heavy atom. The first-order chi connectivity index (χ1) is 8.65. The quantitative estimate of drug-likeness (QED) is 0.496. The van der Waals surface area contributed by atoms with E-state index in [2.05, 4.69) is 10.3 Å². The van der Waals surface area contributed by atoms with Gasteiger partial charge in [-0.05, 0) is 26.8 Å². The minimum absolute atomic E-state index is 0.0226. The summed E-state index contributed by atoms with van der Waals surface area (Å²) in [5, 5.41) is 22.8. The number of carbonyl (C=O) groups excluding carboxylic acids is 1. The van der Waals surface area contributed by atoms with Crippen LogP contribution in [-0.4, -0.2) is 32.6 Å². The molecule has 1 aromatic heterocycles. The van der Waals surface area contributed by atoms with Gasteiger partial charge in [0.05, 0.1) is 16.6 Å². The van der Waals surface area contributed by atoms with Crippen molar-refractivity contribution in [2.24, 2.45) is 0 Å². The van der Waals surface area contributed by atoms with Gasteiger partial charge >= 0.3 is 0 Å². The molecule has 0 aliphatic rings. The average molecular weight is 288 g/mol. The van der Waals surface area contributed by atoms with Crippen molar-refractivity contribution in [3.8, 4) is 0 Å². The number of nitro groups is 1. The highest BCUT2D eigenvalue weighted by Gasteiger charge is 2.29. The van der Waals surface area contributed by atoms with E-state index in [1.54, 1.807) is 13.8 Å². The van der Waals surface area contributed by atoms with Crippen molar-refractivity contribution in [2.45, 2.75) is 32.4 Å². The second-order valence-corrected chi connectivity index (χ2v) is 5.02. The van der Waals surface area contributed by atoms with Crippen LogP contribution in [0, 0.1) is 10.1 Å². The molecule has 0 aliphatic carbocycles. The molecule has 7 nitrogen and oxygen atoms in total. The van der Waals surface area contributed by atoms with Gasteiger partial charge in [-0.3, -0.25) is 14.9 Å². The molecule has 0 aromatic carbocycles. The molecule has 0 fully saturated rings. The number of amides is 1. The number of aliphatic hydroxyl groups excluding tert-OH is 1. The van der Waals surface area contributed by atoms with Gasteiger partial charge in [0.15, 0.2) is 0 Å². The third kappa shape index (κ3) is 3.62. The molecule has 104 valence electrons. The highest BCUT2D eigenvalue weighted by molar-refractivity contribution is 6.29. The van der Waals surface area contributed by atoms with E-state index in [0.29, 0.717) is 0 Å². The number of hydrogen-bond acceptors (Lipinski definition) is 5. The molecule has 0 saturated carbocycles. The molecule has 19 heavy (non-hydrogen) atoms. The molecule has 0 radical (unpaired) electrons. The molecule has 0 aliphatic heterocycles. The molecular weight excluding hydrogens is 274 g/mol. The monoisotopic (exact) mass is 287 g/mol. The molecule has 0 bridgehead atoms. The van der Waals surface area contributed by atoms with Crippen molar-refractivity contribution in [3.05, 3.63) is 33.1 Å². The number of nitrogens with one attached hydrogen (secondary N) is 1. The van der Waals surface area contributed by atoms with Crippen LogP contribution in [0.4, 0.5) is 5.69 Å². The minimum Gasteiger partial charge on any atom is -0.391 e. The summed E-state index contributed by atoms with van der Waals surface area (Å²) in [6.45, 7) is 4.71. The maximum atomic E-state index is 12.0. The fourth-order valence-electron chi connectivity index (χ4n) is 1.21. The molecule has 0 saturated heterocycles.